The Balaban J connectivity index is 2.26. The van der Waals surface area contributed by atoms with Crippen LogP contribution in [0.1, 0.15) is 6.92 Å². The summed E-state index contributed by atoms with van der Waals surface area (Å²) in [5.41, 5.74) is 3.60. The molecule has 0 radical (unpaired) electrons. The van der Waals surface area contributed by atoms with E-state index in [-0.39, 0.29) is 5.84 Å². The van der Waals surface area contributed by atoms with Crippen molar-refractivity contribution >= 4 is 32.5 Å². The quantitative estimate of drug-likeness (QED) is 0.366. The summed E-state index contributed by atoms with van der Waals surface area (Å²) in [7, 11) is 0. The molecule has 0 aliphatic rings. The first-order chi connectivity index (χ1) is 7.29. The molecule has 0 aliphatic carbocycles. The molecule has 0 saturated carbocycles. The maximum Gasteiger partial charge on any atom is 0.204 e. The van der Waals surface area contributed by atoms with Crippen molar-refractivity contribution in [3.05, 3.63) is 29.2 Å². The second kappa shape index (κ2) is 4.14. The molecule has 6 heteroatoms. The van der Waals surface area contributed by atoms with Crippen molar-refractivity contribution in [2.45, 2.75) is 6.92 Å². The Morgan fingerprint density at radius 1 is 1.47 bits per heavy atom. The van der Waals surface area contributed by atoms with Gasteiger partial charge in [0.05, 0.1) is 10.2 Å². The van der Waals surface area contributed by atoms with Crippen LogP contribution in [0.3, 0.4) is 0 Å². The first-order valence-corrected chi connectivity index (χ1v) is 5.10. The van der Waals surface area contributed by atoms with Crippen molar-refractivity contribution in [1.29, 1.82) is 0 Å². The van der Waals surface area contributed by atoms with Gasteiger partial charge < -0.3 is 0 Å². The Hall–Kier alpha value is -1.82. The lowest BCUT2D eigenvalue weighted by Gasteiger charge is -1.90. The zero-order chi connectivity index (χ0) is 10.7. The monoisotopic (exact) mass is 220 g/mol. The van der Waals surface area contributed by atoms with Crippen LogP contribution in [0.25, 0.3) is 10.2 Å². The van der Waals surface area contributed by atoms with E-state index in [2.05, 4.69) is 20.7 Å². The molecule has 0 unspecified atom stereocenters. The summed E-state index contributed by atoms with van der Waals surface area (Å²) in [6.07, 6.45) is 0. The first-order valence-electron chi connectivity index (χ1n) is 4.29. The number of fused-ring (bicyclic) bond motifs is 1. The molecule has 0 atom stereocenters. The summed E-state index contributed by atoms with van der Waals surface area (Å²) in [4.78, 5) is 14.3. The summed E-state index contributed by atoms with van der Waals surface area (Å²) in [5, 5.41) is 7.07. The molecule has 1 aromatic carbocycles. The average Bonchev–Trinajstić information content (AvgIpc) is 2.68. The Morgan fingerprint density at radius 2 is 2.27 bits per heavy atom. The van der Waals surface area contributed by atoms with Crippen molar-refractivity contribution in [1.82, 2.24) is 4.98 Å². The molecule has 0 saturated heterocycles. The number of anilines is 1. The van der Waals surface area contributed by atoms with Crippen LogP contribution >= 0.6 is 11.3 Å². The maximum atomic E-state index is 10.1. The van der Waals surface area contributed by atoms with Crippen LogP contribution in [-0.4, -0.2) is 10.8 Å². The minimum Gasteiger partial charge on any atom is -0.251 e. The van der Waals surface area contributed by atoms with Crippen molar-refractivity contribution < 1.29 is 0 Å². The van der Waals surface area contributed by atoms with E-state index in [9.17, 15) is 4.91 Å². The highest BCUT2D eigenvalue weighted by atomic mass is 32.1. The lowest BCUT2D eigenvalue weighted by molar-refractivity contribution is 1.27. The van der Waals surface area contributed by atoms with E-state index < -0.39 is 0 Å². The highest BCUT2D eigenvalue weighted by Gasteiger charge is 2.01. The van der Waals surface area contributed by atoms with Gasteiger partial charge in [0, 0.05) is 6.92 Å². The van der Waals surface area contributed by atoms with Crippen molar-refractivity contribution in [3.63, 3.8) is 0 Å². The SMILES string of the molecule is CC(N=O)=NNc1nc2ccccc2s1. The van der Waals surface area contributed by atoms with E-state index in [0.717, 1.165) is 10.2 Å². The second-order valence-corrected chi connectivity index (χ2v) is 3.88. The number of rotatable bonds is 2. The topological polar surface area (TPSA) is 66.7 Å². The van der Waals surface area contributed by atoms with Gasteiger partial charge in [-0.15, -0.1) is 4.91 Å². The normalized spacial score (nSPS) is 11.7. The highest BCUT2D eigenvalue weighted by molar-refractivity contribution is 7.22. The van der Waals surface area contributed by atoms with Crippen LogP contribution in [0.5, 0.6) is 0 Å². The lowest BCUT2D eigenvalue weighted by Crippen LogP contribution is -1.92. The Morgan fingerprint density at radius 3 is 3.00 bits per heavy atom. The third-order valence-electron chi connectivity index (χ3n) is 1.74. The number of benzene rings is 1. The Bertz CT molecular complexity index is 487. The molecule has 0 bridgehead atoms. The van der Waals surface area contributed by atoms with Gasteiger partial charge in [0.25, 0.3) is 0 Å². The van der Waals surface area contributed by atoms with Gasteiger partial charge in [0.2, 0.25) is 5.13 Å². The van der Waals surface area contributed by atoms with E-state index in [1.807, 2.05) is 24.3 Å². The number of nitrogens with zero attached hydrogens (tertiary/aromatic N) is 3. The summed E-state index contributed by atoms with van der Waals surface area (Å²) in [6.45, 7) is 1.52. The minimum atomic E-state index is 0.147. The van der Waals surface area contributed by atoms with Gasteiger partial charge in [-0.2, -0.15) is 5.10 Å². The zero-order valence-electron chi connectivity index (χ0n) is 7.97. The number of para-hydroxylation sites is 1. The first kappa shape index (κ1) is 9.72. The van der Waals surface area contributed by atoms with Crippen molar-refractivity contribution in [3.8, 4) is 0 Å². The third-order valence-corrected chi connectivity index (χ3v) is 2.68. The fraction of sp³-hybridized carbons (Fsp3) is 0.111. The van der Waals surface area contributed by atoms with Crippen LogP contribution < -0.4 is 5.43 Å². The van der Waals surface area contributed by atoms with E-state index in [0.29, 0.717) is 5.13 Å². The smallest absolute Gasteiger partial charge is 0.204 e. The predicted octanol–water partition coefficient (Wildman–Crippen LogP) is 2.81. The average molecular weight is 220 g/mol. The van der Waals surface area contributed by atoms with Gasteiger partial charge >= 0.3 is 0 Å². The van der Waals surface area contributed by atoms with Gasteiger partial charge in [-0.3, -0.25) is 5.43 Å². The number of hydrogen-bond acceptors (Lipinski definition) is 5. The number of nitrogens with one attached hydrogen (secondary N) is 1. The third kappa shape index (κ3) is 2.16. The molecule has 1 heterocycles. The number of aromatic nitrogens is 1. The van der Waals surface area contributed by atoms with Crippen LogP contribution in [0, 0.1) is 4.91 Å². The molecule has 0 amide bonds. The van der Waals surface area contributed by atoms with Gasteiger partial charge in [-0.25, -0.2) is 4.98 Å². The van der Waals surface area contributed by atoms with Crippen molar-refractivity contribution in [2.75, 3.05) is 5.43 Å². The molecule has 0 aliphatic heterocycles. The van der Waals surface area contributed by atoms with Gasteiger partial charge in [-0.1, -0.05) is 23.5 Å². The maximum absolute atomic E-state index is 10.1. The van der Waals surface area contributed by atoms with E-state index in [1.54, 1.807) is 0 Å². The molecule has 1 N–H and O–H groups in total. The number of nitroso groups, excluding NO2 is 1. The molecule has 5 nitrogen and oxygen atoms in total. The van der Waals surface area contributed by atoms with E-state index >= 15 is 0 Å². The largest absolute Gasteiger partial charge is 0.251 e. The number of hydrazone groups is 1. The zero-order valence-corrected chi connectivity index (χ0v) is 8.78. The molecule has 76 valence electrons. The van der Waals surface area contributed by atoms with Gasteiger partial charge in [0.1, 0.15) is 0 Å². The molecular formula is C9H8N4OS. The van der Waals surface area contributed by atoms with Crippen LogP contribution in [0.15, 0.2) is 34.5 Å². The lowest BCUT2D eigenvalue weighted by atomic mass is 10.3. The van der Waals surface area contributed by atoms with Crippen LogP contribution in [0.4, 0.5) is 5.13 Å². The Labute approximate surface area is 89.8 Å². The molecule has 0 fully saturated rings. The predicted molar refractivity (Wildman–Crippen MR) is 62.1 cm³/mol. The molecule has 1 aromatic heterocycles. The number of amidine groups is 1. The summed E-state index contributed by atoms with van der Waals surface area (Å²) >= 11 is 1.48. The van der Waals surface area contributed by atoms with Crippen LogP contribution in [0.2, 0.25) is 0 Å². The molecule has 2 rings (SSSR count). The number of thiazole rings is 1. The molecule has 0 spiro atoms. The van der Waals surface area contributed by atoms with Gasteiger partial charge in [0.15, 0.2) is 5.84 Å². The standard InChI is InChI=1S/C9H8N4OS/c1-6(13-14)11-12-9-10-7-4-2-3-5-8(7)15-9/h2-5H,1H3,(H,10,12). The van der Waals surface area contributed by atoms with E-state index in [4.69, 9.17) is 0 Å². The van der Waals surface area contributed by atoms with Gasteiger partial charge in [-0.05, 0) is 17.3 Å². The highest BCUT2D eigenvalue weighted by Crippen LogP contribution is 2.25. The Kier molecular flexibility index (Phi) is 2.68. The number of hydrogen-bond donors (Lipinski definition) is 1. The second-order valence-electron chi connectivity index (χ2n) is 2.85. The molecule has 2 aromatic rings. The van der Waals surface area contributed by atoms with E-state index in [1.165, 1.54) is 18.3 Å². The summed E-state index contributed by atoms with van der Waals surface area (Å²) in [6, 6.07) is 7.78. The summed E-state index contributed by atoms with van der Waals surface area (Å²) in [5.74, 6) is 0.147. The van der Waals surface area contributed by atoms with Crippen LogP contribution in [-0.2, 0) is 0 Å². The van der Waals surface area contributed by atoms with Crippen molar-refractivity contribution in [2.24, 2.45) is 10.3 Å². The molecular weight excluding hydrogens is 212 g/mol. The molecule has 15 heavy (non-hydrogen) atoms. The minimum absolute atomic E-state index is 0.147. The fourth-order valence-corrected chi connectivity index (χ4v) is 1.88. The fourth-order valence-electron chi connectivity index (χ4n) is 1.07. The summed E-state index contributed by atoms with van der Waals surface area (Å²) < 4.78 is 1.08.